The van der Waals surface area contributed by atoms with Crippen molar-refractivity contribution in [2.24, 2.45) is 11.8 Å². The number of aliphatic hydroxyl groups is 1. The van der Waals surface area contributed by atoms with Crippen LogP contribution in [0.5, 0.6) is 0 Å². The Morgan fingerprint density at radius 3 is 2.96 bits per heavy atom. The van der Waals surface area contributed by atoms with E-state index < -0.39 is 6.10 Å². The molecule has 0 spiro atoms. The number of hydrogen-bond acceptors (Lipinski definition) is 2. The largest absolute Gasteiger partial charge is 0.382 e. The van der Waals surface area contributed by atoms with E-state index in [0.29, 0.717) is 11.8 Å². The van der Waals surface area contributed by atoms with Crippen LogP contribution in [0.2, 0.25) is 0 Å². The van der Waals surface area contributed by atoms with E-state index in [-0.39, 0.29) is 6.04 Å². The Kier molecular flexibility index (Phi) is 3.51. The average molecular weight is 309 g/mol. The number of likely N-dealkylation sites (N-methyl/N-ethyl adjacent to an activating group) is 1. The maximum Gasteiger partial charge on any atom is 0.131 e. The van der Waals surface area contributed by atoms with Crippen LogP contribution >= 0.6 is 0 Å². The number of pyridine rings is 1. The number of nitrogens with zero attached hydrogens (tertiary/aromatic N) is 2. The number of para-hydroxylation sites is 1. The number of fused-ring (bicyclic) bond motifs is 4. The fourth-order valence-corrected chi connectivity index (χ4v) is 4.88. The Bertz CT molecular complexity index is 738. The van der Waals surface area contributed by atoms with Crippen molar-refractivity contribution in [1.82, 2.24) is 4.98 Å². The number of benzene rings is 1. The van der Waals surface area contributed by atoms with Crippen molar-refractivity contribution in [2.75, 3.05) is 20.1 Å². The predicted octanol–water partition coefficient (Wildman–Crippen LogP) is 3.31. The lowest BCUT2D eigenvalue weighted by atomic mass is 9.72. The maximum absolute atomic E-state index is 11.2. The van der Waals surface area contributed by atoms with Crippen molar-refractivity contribution in [2.45, 2.75) is 25.0 Å². The van der Waals surface area contributed by atoms with E-state index in [1.165, 1.54) is 13.0 Å². The lowest BCUT2D eigenvalue weighted by Crippen LogP contribution is -2.66. The standard InChI is InChI=1S/C20H25N2O/c1-3-14-13-22(2)11-9-15(14)12-19(22)20(23)17-8-10-21-18-7-5-4-6-16(17)18/h3-8,10,14-15,19-20,23H,1,9,11-13H2,2H3/q+1. The zero-order valence-corrected chi connectivity index (χ0v) is 13.7. The van der Waals surface area contributed by atoms with Crippen LogP contribution in [0.15, 0.2) is 49.2 Å². The summed E-state index contributed by atoms with van der Waals surface area (Å²) in [5, 5.41) is 12.3. The molecule has 120 valence electrons. The van der Waals surface area contributed by atoms with Gasteiger partial charge in [-0.15, -0.1) is 6.58 Å². The van der Waals surface area contributed by atoms with E-state index in [0.717, 1.165) is 33.9 Å². The lowest BCUT2D eigenvalue weighted by molar-refractivity contribution is -0.956. The van der Waals surface area contributed by atoms with Crippen molar-refractivity contribution in [3.8, 4) is 0 Å². The molecule has 3 saturated heterocycles. The number of aliphatic hydroxyl groups excluding tert-OH is 1. The van der Waals surface area contributed by atoms with Gasteiger partial charge in [-0.25, -0.2) is 0 Å². The summed E-state index contributed by atoms with van der Waals surface area (Å²) < 4.78 is 0.963. The number of quaternary nitrogens is 1. The molecule has 3 nitrogen and oxygen atoms in total. The van der Waals surface area contributed by atoms with Gasteiger partial charge >= 0.3 is 0 Å². The highest BCUT2D eigenvalue weighted by molar-refractivity contribution is 5.82. The fraction of sp³-hybridized carbons (Fsp3) is 0.450. The predicted molar refractivity (Wildman–Crippen MR) is 92.8 cm³/mol. The first-order chi connectivity index (χ1) is 11.1. The second-order valence-electron chi connectivity index (χ2n) is 7.50. The Morgan fingerprint density at radius 1 is 1.35 bits per heavy atom. The lowest BCUT2D eigenvalue weighted by Gasteiger charge is -2.56. The molecule has 3 aliphatic heterocycles. The van der Waals surface area contributed by atoms with Crippen molar-refractivity contribution in [3.63, 3.8) is 0 Å². The summed E-state index contributed by atoms with van der Waals surface area (Å²) in [4.78, 5) is 4.43. The molecule has 0 radical (unpaired) electrons. The molecule has 5 rings (SSSR count). The van der Waals surface area contributed by atoms with Gasteiger partial charge in [0.05, 0.1) is 25.7 Å². The van der Waals surface area contributed by atoms with Gasteiger partial charge < -0.3 is 9.59 Å². The van der Waals surface area contributed by atoms with Gasteiger partial charge in [0.25, 0.3) is 0 Å². The van der Waals surface area contributed by atoms with Crippen LogP contribution in [0.4, 0.5) is 0 Å². The molecular weight excluding hydrogens is 284 g/mol. The van der Waals surface area contributed by atoms with Gasteiger partial charge in [0.2, 0.25) is 0 Å². The minimum atomic E-state index is -0.429. The molecule has 2 aromatic rings. The maximum atomic E-state index is 11.2. The highest BCUT2D eigenvalue weighted by Crippen LogP contribution is 2.45. The highest BCUT2D eigenvalue weighted by Gasteiger charge is 2.51. The molecule has 1 aromatic heterocycles. The first-order valence-electron chi connectivity index (χ1n) is 8.61. The first-order valence-corrected chi connectivity index (χ1v) is 8.61. The quantitative estimate of drug-likeness (QED) is 0.697. The summed E-state index contributed by atoms with van der Waals surface area (Å²) in [7, 11) is 2.31. The Labute approximate surface area is 137 Å². The molecule has 3 aliphatic rings. The third kappa shape index (κ3) is 2.30. The molecule has 0 saturated carbocycles. The van der Waals surface area contributed by atoms with Crippen LogP contribution in [-0.2, 0) is 0 Å². The van der Waals surface area contributed by atoms with E-state index in [9.17, 15) is 5.11 Å². The number of rotatable bonds is 3. The summed E-state index contributed by atoms with van der Waals surface area (Å²) >= 11 is 0. The Balaban J connectivity index is 1.72. The molecule has 4 heterocycles. The second-order valence-corrected chi connectivity index (χ2v) is 7.50. The molecule has 23 heavy (non-hydrogen) atoms. The summed E-state index contributed by atoms with van der Waals surface area (Å²) in [5.41, 5.74) is 1.99. The smallest absolute Gasteiger partial charge is 0.131 e. The highest BCUT2D eigenvalue weighted by atomic mass is 16.3. The molecular formula is C20H25N2O+. The van der Waals surface area contributed by atoms with E-state index in [4.69, 9.17) is 0 Å². The topological polar surface area (TPSA) is 33.1 Å². The van der Waals surface area contributed by atoms with Crippen molar-refractivity contribution in [1.29, 1.82) is 0 Å². The van der Waals surface area contributed by atoms with Gasteiger partial charge in [0.15, 0.2) is 0 Å². The SMILES string of the molecule is C=CC1C[N+]2(C)CCC1CC2C(O)c1ccnc2ccccc12. The van der Waals surface area contributed by atoms with E-state index in [1.807, 2.05) is 30.5 Å². The van der Waals surface area contributed by atoms with Crippen molar-refractivity contribution < 1.29 is 9.59 Å². The number of aromatic nitrogens is 1. The Morgan fingerprint density at radius 2 is 2.17 bits per heavy atom. The zero-order chi connectivity index (χ0) is 16.0. The van der Waals surface area contributed by atoms with Crippen LogP contribution in [0.25, 0.3) is 10.9 Å². The second kappa shape index (κ2) is 5.43. The number of piperidine rings is 3. The van der Waals surface area contributed by atoms with Gasteiger partial charge in [0, 0.05) is 30.3 Å². The molecule has 1 aromatic carbocycles. The summed E-state index contributed by atoms with van der Waals surface area (Å²) in [6, 6.07) is 10.4. The van der Waals surface area contributed by atoms with Crippen LogP contribution in [0, 0.1) is 11.8 Å². The normalized spacial score (nSPS) is 34.4. The molecule has 0 aliphatic carbocycles. The minimum absolute atomic E-state index is 0.274. The molecule has 2 bridgehead atoms. The molecule has 0 amide bonds. The van der Waals surface area contributed by atoms with Crippen LogP contribution in [0.3, 0.4) is 0 Å². The van der Waals surface area contributed by atoms with Crippen LogP contribution in [0.1, 0.15) is 24.5 Å². The van der Waals surface area contributed by atoms with E-state index in [1.54, 1.807) is 0 Å². The summed E-state index contributed by atoms with van der Waals surface area (Å²) in [5.74, 6) is 1.28. The minimum Gasteiger partial charge on any atom is -0.382 e. The van der Waals surface area contributed by atoms with Gasteiger partial charge in [-0.05, 0) is 23.6 Å². The van der Waals surface area contributed by atoms with Crippen LogP contribution in [-0.4, -0.2) is 40.8 Å². The molecule has 5 atom stereocenters. The molecule has 3 fully saturated rings. The van der Waals surface area contributed by atoms with Crippen molar-refractivity contribution >= 4 is 10.9 Å². The third-order valence-corrected chi connectivity index (χ3v) is 6.26. The van der Waals surface area contributed by atoms with Gasteiger partial charge in [-0.2, -0.15) is 0 Å². The van der Waals surface area contributed by atoms with E-state index >= 15 is 0 Å². The first kappa shape index (κ1) is 14.9. The molecule has 3 heteroatoms. The average Bonchev–Trinajstić information content (AvgIpc) is 2.60. The zero-order valence-electron chi connectivity index (χ0n) is 13.7. The summed E-state index contributed by atoms with van der Waals surface area (Å²) in [6.45, 7) is 6.30. The molecule has 1 N–H and O–H groups in total. The van der Waals surface area contributed by atoms with Crippen LogP contribution < -0.4 is 0 Å². The van der Waals surface area contributed by atoms with E-state index in [2.05, 4.69) is 30.8 Å². The monoisotopic (exact) mass is 309 g/mol. The van der Waals surface area contributed by atoms with Gasteiger partial charge in [-0.1, -0.05) is 24.3 Å². The van der Waals surface area contributed by atoms with Gasteiger partial charge in [0.1, 0.15) is 12.1 Å². The number of hydrogen-bond donors (Lipinski definition) is 1. The summed E-state index contributed by atoms with van der Waals surface area (Å²) in [6.07, 6.45) is 5.87. The van der Waals surface area contributed by atoms with Crippen molar-refractivity contribution in [3.05, 3.63) is 54.7 Å². The fourth-order valence-electron chi connectivity index (χ4n) is 4.88. The van der Waals surface area contributed by atoms with Gasteiger partial charge in [-0.3, -0.25) is 4.98 Å². The molecule has 5 unspecified atom stereocenters. The third-order valence-electron chi connectivity index (χ3n) is 6.26. The Hall–Kier alpha value is -1.71.